The van der Waals surface area contributed by atoms with Gasteiger partial charge in [-0.15, -0.1) is 0 Å². The third-order valence-corrected chi connectivity index (χ3v) is 13.0. The molecule has 7 rings (SSSR count). The Morgan fingerprint density at radius 1 is 0.723 bits per heavy atom. The van der Waals surface area contributed by atoms with Gasteiger partial charge in [0.15, 0.2) is 32.4 Å². The van der Waals surface area contributed by atoms with E-state index in [1.54, 1.807) is 12.1 Å². The van der Waals surface area contributed by atoms with Crippen molar-refractivity contribution >= 4 is 21.0 Å². The molecule has 2 aliphatic carbocycles. The Morgan fingerprint density at radius 2 is 1.06 bits per heavy atom. The summed E-state index contributed by atoms with van der Waals surface area (Å²) in [6.45, 7) is 4.82. The predicted molar refractivity (Wildman–Crippen MR) is 170 cm³/mol. The molecular weight excluding hydrogens is 651 g/mol. The van der Waals surface area contributed by atoms with Gasteiger partial charge >= 0.3 is 15.4 Å². The quantitative estimate of drug-likeness (QED) is 0.185. The smallest absolute Gasteiger partial charge is 0.405 e. The number of hydrogen-bond donors (Lipinski definition) is 1. The minimum Gasteiger partial charge on any atom is -0.483 e. The van der Waals surface area contributed by atoms with Gasteiger partial charge in [-0.2, -0.15) is 17.2 Å². The Morgan fingerprint density at radius 3 is 1.40 bits per heavy atom. The summed E-state index contributed by atoms with van der Waals surface area (Å²) in [5.74, 6) is -1.59. The van der Waals surface area contributed by atoms with Gasteiger partial charge in [-0.25, -0.2) is 0 Å². The standard InChI is InChI=1S/C35H38F2O8S2/c1-22(35(36,37)47(38,39)40)41-25-14-20-28(21-15-25)46(26-16-10-23(11-17-26)33(2)42-29-6-4-7-30(29)43-33)27-18-12-24(13-19-27)34(3)44-31-8-5-9-32(31)45-34/h10-22,29-32H,4-9H2,1-3H3/p+1. The van der Waals surface area contributed by atoms with Gasteiger partial charge in [-0.05, 0) is 132 Å². The molecular formula is C35H39F2O8S2+. The van der Waals surface area contributed by atoms with E-state index in [1.165, 1.54) is 12.1 Å². The number of alkyl halides is 2. The third-order valence-electron chi connectivity index (χ3n) is 9.71. The Balaban J connectivity index is 1.18. The lowest BCUT2D eigenvalue weighted by molar-refractivity contribution is -0.174. The van der Waals surface area contributed by atoms with Gasteiger partial charge in [-0.3, -0.25) is 4.55 Å². The van der Waals surface area contributed by atoms with E-state index in [0.29, 0.717) is 0 Å². The first-order chi connectivity index (χ1) is 22.3. The zero-order valence-corrected chi connectivity index (χ0v) is 28.1. The molecule has 5 atom stereocenters. The highest BCUT2D eigenvalue weighted by Crippen LogP contribution is 2.46. The number of hydrogen-bond acceptors (Lipinski definition) is 7. The van der Waals surface area contributed by atoms with Crippen molar-refractivity contribution in [2.75, 3.05) is 0 Å². The predicted octanol–water partition coefficient (Wildman–Crippen LogP) is 7.31. The molecule has 12 heteroatoms. The Labute approximate surface area is 276 Å². The van der Waals surface area contributed by atoms with E-state index in [2.05, 4.69) is 24.3 Å². The molecule has 3 aromatic rings. The van der Waals surface area contributed by atoms with Crippen LogP contribution < -0.4 is 4.74 Å². The van der Waals surface area contributed by atoms with Crippen molar-refractivity contribution in [3.63, 3.8) is 0 Å². The topological polar surface area (TPSA) is 101 Å². The number of ether oxygens (including phenoxy) is 5. The van der Waals surface area contributed by atoms with Gasteiger partial charge in [0.1, 0.15) is 5.75 Å². The van der Waals surface area contributed by atoms with Crippen LogP contribution in [-0.2, 0) is 51.5 Å². The van der Waals surface area contributed by atoms with Crippen LogP contribution in [0.1, 0.15) is 70.4 Å². The lowest BCUT2D eigenvalue weighted by Gasteiger charge is -2.25. The van der Waals surface area contributed by atoms with E-state index in [4.69, 9.17) is 28.2 Å². The highest BCUT2D eigenvalue weighted by atomic mass is 32.2. The summed E-state index contributed by atoms with van der Waals surface area (Å²) in [6.07, 6.45) is 4.56. The molecule has 4 aliphatic rings. The highest BCUT2D eigenvalue weighted by Gasteiger charge is 2.52. The molecule has 2 heterocycles. The van der Waals surface area contributed by atoms with Crippen LogP contribution in [0.3, 0.4) is 0 Å². The second-order valence-electron chi connectivity index (χ2n) is 13.0. The molecule has 0 amide bonds. The third kappa shape index (κ3) is 6.11. The lowest BCUT2D eigenvalue weighted by Crippen LogP contribution is -2.42. The molecule has 2 aliphatic heterocycles. The van der Waals surface area contributed by atoms with Crippen LogP contribution in [0, 0.1) is 0 Å². The molecule has 4 fully saturated rings. The van der Waals surface area contributed by atoms with Crippen LogP contribution in [0.2, 0.25) is 0 Å². The van der Waals surface area contributed by atoms with Gasteiger partial charge in [0.2, 0.25) is 0 Å². The average Bonchev–Trinajstić information content (AvgIpc) is 3.79. The van der Waals surface area contributed by atoms with Crippen molar-refractivity contribution in [2.45, 2.75) is 121 Å². The summed E-state index contributed by atoms with van der Waals surface area (Å²) in [5, 5.41) is -4.47. The minimum absolute atomic E-state index is 0.0434. The number of halogens is 2. The maximum Gasteiger partial charge on any atom is 0.405 e. The van der Waals surface area contributed by atoms with E-state index in [1.807, 2.05) is 38.1 Å². The molecule has 252 valence electrons. The van der Waals surface area contributed by atoms with E-state index in [-0.39, 0.29) is 30.2 Å². The first kappa shape index (κ1) is 32.9. The maximum atomic E-state index is 14.1. The first-order valence-electron chi connectivity index (χ1n) is 16.0. The molecule has 8 nitrogen and oxygen atoms in total. The van der Waals surface area contributed by atoms with E-state index in [9.17, 15) is 17.2 Å². The van der Waals surface area contributed by atoms with Crippen LogP contribution >= 0.6 is 0 Å². The summed E-state index contributed by atoms with van der Waals surface area (Å²) in [7, 11) is -6.27. The SMILES string of the molecule is CC(Oc1ccc([S+](c2ccc(C3(C)OC4CCCC4O3)cc2)c2ccc(C3(C)OC4CCCC4O3)cc2)cc1)C(F)(F)S(=O)(=O)O. The Kier molecular flexibility index (Phi) is 8.47. The van der Waals surface area contributed by atoms with Gasteiger partial charge in [0, 0.05) is 11.1 Å². The number of fused-ring (bicyclic) bond motifs is 2. The molecule has 0 aromatic heterocycles. The van der Waals surface area contributed by atoms with Crippen LogP contribution in [0.5, 0.6) is 5.75 Å². The summed E-state index contributed by atoms with van der Waals surface area (Å²) >= 11 is 0. The lowest BCUT2D eigenvalue weighted by atomic mass is 10.1. The van der Waals surface area contributed by atoms with Crippen LogP contribution in [0.15, 0.2) is 87.5 Å². The molecule has 1 N–H and O–H groups in total. The molecule has 3 aromatic carbocycles. The van der Waals surface area contributed by atoms with Crippen LogP contribution in [-0.4, -0.2) is 48.7 Å². The molecule has 5 unspecified atom stereocenters. The van der Waals surface area contributed by atoms with Crippen molar-refractivity contribution in [1.82, 2.24) is 0 Å². The van der Waals surface area contributed by atoms with E-state index in [0.717, 1.165) is 71.3 Å². The second kappa shape index (κ2) is 12.1. The number of rotatable bonds is 9. The zero-order chi connectivity index (χ0) is 33.2. The fourth-order valence-corrected chi connectivity index (χ4v) is 9.65. The van der Waals surface area contributed by atoms with Gasteiger partial charge in [-0.1, -0.05) is 0 Å². The zero-order valence-electron chi connectivity index (χ0n) is 26.4. The van der Waals surface area contributed by atoms with Crippen molar-refractivity contribution < 1.29 is 45.4 Å². The van der Waals surface area contributed by atoms with Crippen LogP contribution in [0.4, 0.5) is 8.78 Å². The Hall–Kier alpha value is -2.58. The maximum absolute atomic E-state index is 14.1. The fourth-order valence-electron chi connectivity index (χ4n) is 7.14. The number of benzene rings is 3. The first-order valence-corrected chi connectivity index (χ1v) is 18.7. The van der Waals surface area contributed by atoms with Crippen molar-refractivity contribution in [1.29, 1.82) is 0 Å². The average molecular weight is 690 g/mol. The molecule has 0 spiro atoms. The van der Waals surface area contributed by atoms with E-state index >= 15 is 0 Å². The molecule has 47 heavy (non-hydrogen) atoms. The summed E-state index contributed by atoms with van der Waals surface area (Å²) in [5.41, 5.74) is 1.86. The molecule has 0 bridgehead atoms. The highest BCUT2D eigenvalue weighted by molar-refractivity contribution is 7.97. The van der Waals surface area contributed by atoms with Crippen molar-refractivity contribution in [3.05, 3.63) is 83.9 Å². The second-order valence-corrected chi connectivity index (χ2v) is 16.5. The van der Waals surface area contributed by atoms with Gasteiger partial charge in [0.05, 0.1) is 35.3 Å². The monoisotopic (exact) mass is 689 g/mol. The largest absolute Gasteiger partial charge is 0.483 e. The molecule has 2 saturated carbocycles. The summed E-state index contributed by atoms with van der Waals surface area (Å²) in [4.78, 5) is 2.91. The van der Waals surface area contributed by atoms with Crippen molar-refractivity contribution in [3.8, 4) is 5.75 Å². The summed E-state index contributed by atoms with van der Waals surface area (Å²) in [6, 6.07) is 22.9. The normalized spacial score (nSPS) is 31.8. The van der Waals surface area contributed by atoms with Crippen LogP contribution in [0.25, 0.3) is 0 Å². The van der Waals surface area contributed by atoms with E-state index < -0.39 is 43.9 Å². The fraction of sp³-hybridized carbons (Fsp3) is 0.486. The molecule has 0 radical (unpaired) electrons. The Bertz CT molecular complexity index is 1600. The molecule has 2 saturated heterocycles. The van der Waals surface area contributed by atoms with Gasteiger partial charge < -0.3 is 23.7 Å². The summed E-state index contributed by atoms with van der Waals surface area (Å²) < 4.78 is 90.3. The van der Waals surface area contributed by atoms with Crippen molar-refractivity contribution in [2.24, 2.45) is 0 Å². The minimum atomic E-state index is -5.65. The van der Waals surface area contributed by atoms with Gasteiger partial charge in [0.25, 0.3) is 0 Å².